The van der Waals surface area contributed by atoms with Crippen molar-refractivity contribution >= 4 is 11.6 Å². The van der Waals surface area contributed by atoms with Crippen LogP contribution in [-0.2, 0) is 0 Å². The molecule has 0 aliphatic rings. The first-order chi connectivity index (χ1) is 12.7. The molecule has 0 radical (unpaired) electrons. The zero-order chi connectivity index (χ0) is 18.4. The number of nitrogens with one attached hydrogen (secondary N) is 1. The van der Waals surface area contributed by atoms with Crippen LogP contribution in [0.1, 0.15) is 22.5 Å². The smallest absolute Gasteiger partial charge is 0.254 e. The van der Waals surface area contributed by atoms with Crippen LogP contribution in [0.5, 0.6) is 0 Å². The van der Waals surface area contributed by atoms with E-state index < -0.39 is 0 Å². The third-order valence-electron chi connectivity index (χ3n) is 4.41. The first-order valence-corrected chi connectivity index (χ1v) is 8.81. The summed E-state index contributed by atoms with van der Waals surface area (Å²) in [4.78, 5) is 14.6. The summed E-state index contributed by atoms with van der Waals surface area (Å²) in [5, 5.41) is 7.34. The first kappa shape index (κ1) is 17.7. The van der Waals surface area contributed by atoms with E-state index in [0.29, 0.717) is 12.1 Å². The third kappa shape index (κ3) is 4.11. The Balaban J connectivity index is 1.52. The van der Waals surface area contributed by atoms with Gasteiger partial charge in [0.05, 0.1) is 23.1 Å². The third-order valence-corrected chi connectivity index (χ3v) is 4.41. The number of hydrogen-bond donors (Lipinski definition) is 1. The zero-order valence-electron chi connectivity index (χ0n) is 15.2. The number of benzene rings is 2. The maximum Gasteiger partial charge on any atom is 0.254 e. The molecule has 0 saturated heterocycles. The lowest BCUT2D eigenvalue weighted by Gasteiger charge is -2.19. The van der Waals surface area contributed by atoms with Crippen LogP contribution in [0.3, 0.4) is 0 Å². The number of aromatic nitrogens is 2. The minimum absolute atomic E-state index is 0.0768. The highest BCUT2D eigenvalue weighted by molar-refractivity contribution is 5.95. The average Bonchev–Trinajstić information content (AvgIpc) is 3.07. The molecule has 5 nitrogen and oxygen atoms in total. The predicted molar refractivity (Wildman–Crippen MR) is 105 cm³/mol. The molecule has 0 aliphatic heterocycles. The van der Waals surface area contributed by atoms with Gasteiger partial charge in [-0.25, -0.2) is 4.68 Å². The van der Waals surface area contributed by atoms with Crippen LogP contribution in [0.4, 0.5) is 5.69 Å². The van der Waals surface area contributed by atoms with Crippen molar-refractivity contribution in [3.63, 3.8) is 0 Å². The molecule has 2 aromatic carbocycles. The lowest BCUT2D eigenvalue weighted by Crippen LogP contribution is -2.28. The fourth-order valence-corrected chi connectivity index (χ4v) is 2.89. The van der Waals surface area contributed by atoms with Gasteiger partial charge in [0, 0.05) is 25.8 Å². The van der Waals surface area contributed by atoms with Crippen molar-refractivity contribution in [3.05, 3.63) is 78.1 Å². The van der Waals surface area contributed by atoms with Crippen molar-refractivity contribution in [1.29, 1.82) is 0 Å². The maximum atomic E-state index is 12.4. The summed E-state index contributed by atoms with van der Waals surface area (Å²) in [6, 6.07) is 20.1. The lowest BCUT2D eigenvalue weighted by molar-refractivity contribution is 0.0953. The van der Waals surface area contributed by atoms with E-state index in [-0.39, 0.29) is 5.91 Å². The van der Waals surface area contributed by atoms with E-state index in [9.17, 15) is 4.79 Å². The molecule has 1 amide bonds. The molecule has 3 rings (SSSR count). The van der Waals surface area contributed by atoms with E-state index in [0.717, 1.165) is 24.3 Å². The largest absolute Gasteiger partial charge is 0.375 e. The van der Waals surface area contributed by atoms with Gasteiger partial charge in [-0.15, -0.1) is 0 Å². The van der Waals surface area contributed by atoms with Crippen molar-refractivity contribution in [3.8, 4) is 5.69 Å². The normalized spacial score (nSPS) is 10.5. The number of carbonyl (C=O) groups is 1. The molecule has 0 fully saturated rings. The zero-order valence-corrected chi connectivity index (χ0v) is 15.2. The van der Waals surface area contributed by atoms with Gasteiger partial charge in [0.15, 0.2) is 0 Å². The first-order valence-electron chi connectivity index (χ1n) is 8.81. The summed E-state index contributed by atoms with van der Waals surface area (Å²) in [6.45, 7) is 3.43. The van der Waals surface area contributed by atoms with Crippen molar-refractivity contribution in [2.75, 3.05) is 25.0 Å². The van der Waals surface area contributed by atoms with E-state index in [2.05, 4.69) is 34.5 Å². The monoisotopic (exact) mass is 348 g/mol. The number of rotatable bonds is 7. The number of hydrogen-bond acceptors (Lipinski definition) is 3. The van der Waals surface area contributed by atoms with Crippen molar-refractivity contribution in [2.45, 2.75) is 13.3 Å². The number of para-hydroxylation sites is 2. The molecule has 3 aromatic rings. The summed E-state index contributed by atoms with van der Waals surface area (Å²) in [5.74, 6) is -0.0768. The highest BCUT2D eigenvalue weighted by Gasteiger charge is 2.14. The molecule has 0 bridgehead atoms. The molecule has 0 aliphatic carbocycles. The van der Waals surface area contributed by atoms with E-state index in [4.69, 9.17) is 0 Å². The number of nitrogens with zero attached hydrogens (tertiary/aromatic N) is 3. The Morgan fingerprint density at radius 1 is 1.08 bits per heavy atom. The lowest BCUT2D eigenvalue weighted by atomic mass is 10.2. The quantitative estimate of drug-likeness (QED) is 0.666. The van der Waals surface area contributed by atoms with Crippen LogP contribution < -0.4 is 10.2 Å². The van der Waals surface area contributed by atoms with Crippen LogP contribution >= 0.6 is 0 Å². The van der Waals surface area contributed by atoms with Crippen LogP contribution in [0, 0.1) is 6.92 Å². The summed E-state index contributed by atoms with van der Waals surface area (Å²) < 4.78 is 1.79. The average molecular weight is 348 g/mol. The molecule has 1 heterocycles. The van der Waals surface area contributed by atoms with Gasteiger partial charge in [0.25, 0.3) is 5.91 Å². The highest BCUT2D eigenvalue weighted by Crippen LogP contribution is 2.14. The van der Waals surface area contributed by atoms with Gasteiger partial charge in [0.2, 0.25) is 0 Å². The van der Waals surface area contributed by atoms with Gasteiger partial charge >= 0.3 is 0 Å². The summed E-state index contributed by atoms with van der Waals surface area (Å²) in [6.07, 6.45) is 2.51. The predicted octanol–water partition coefficient (Wildman–Crippen LogP) is 3.44. The van der Waals surface area contributed by atoms with Gasteiger partial charge in [-0.2, -0.15) is 5.10 Å². The van der Waals surface area contributed by atoms with E-state index in [1.165, 1.54) is 5.69 Å². The standard InChI is InChI=1S/C21H24N4O/c1-17-20(16-23-25(17)19-12-7-4-8-13-19)21(26)22-14-9-15-24(2)18-10-5-3-6-11-18/h3-8,10-13,16H,9,14-15H2,1-2H3,(H,22,26). The molecule has 0 unspecified atom stereocenters. The second-order valence-corrected chi connectivity index (χ2v) is 6.26. The Morgan fingerprint density at radius 3 is 2.42 bits per heavy atom. The van der Waals surface area contributed by atoms with E-state index in [1.54, 1.807) is 10.9 Å². The van der Waals surface area contributed by atoms with Crippen molar-refractivity contribution in [2.24, 2.45) is 0 Å². The van der Waals surface area contributed by atoms with Gasteiger partial charge < -0.3 is 10.2 Å². The second-order valence-electron chi connectivity index (χ2n) is 6.26. The van der Waals surface area contributed by atoms with Crippen molar-refractivity contribution < 1.29 is 4.79 Å². The molecular formula is C21H24N4O. The molecule has 1 aromatic heterocycles. The highest BCUT2D eigenvalue weighted by atomic mass is 16.1. The second kappa shape index (κ2) is 8.34. The minimum atomic E-state index is -0.0768. The summed E-state index contributed by atoms with van der Waals surface area (Å²) in [7, 11) is 2.06. The molecule has 0 spiro atoms. The molecule has 134 valence electrons. The SMILES string of the molecule is Cc1c(C(=O)NCCCN(C)c2ccccc2)cnn1-c1ccccc1. The van der Waals surface area contributed by atoms with Crippen LogP contribution in [-0.4, -0.2) is 35.8 Å². The Labute approximate surface area is 154 Å². The molecule has 0 saturated carbocycles. The molecule has 1 N–H and O–H groups in total. The van der Waals surface area contributed by atoms with Gasteiger partial charge in [0.1, 0.15) is 0 Å². The van der Waals surface area contributed by atoms with Crippen LogP contribution in [0.25, 0.3) is 5.69 Å². The Bertz CT molecular complexity index is 843. The summed E-state index contributed by atoms with van der Waals surface area (Å²) >= 11 is 0. The Hall–Kier alpha value is -3.08. The number of amides is 1. The van der Waals surface area contributed by atoms with Gasteiger partial charge in [-0.05, 0) is 37.6 Å². The van der Waals surface area contributed by atoms with Crippen molar-refractivity contribution in [1.82, 2.24) is 15.1 Å². The van der Waals surface area contributed by atoms with Gasteiger partial charge in [-0.1, -0.05) is 36.4 Å². The van der Waals surface area contributed by atoms with E-state index in [1.807, 2.05) is 55.5 Å². The number of anilines is 1. The fourth-order valence-electron chi connectivity index (χ4n) is 2.89. The van der Waals surface area contributed by atoms with Gasteiger partial charge in [-0.3, -0.25) is 4.79 Å². The topological polar surface area (TPSA) is 50.2 Å². The fraction of sp³-hybridized carbons (Fsp3) is 0.238. The van der Waals surface area contributed by atoms with Crippen LogP contribution in [0.15, 0.2) is 66.9 Å². The van der Waals surface area contributed by atoms with E-state index >= 15 is 0 Å². The molecule has 26 heavy (non-hydrogen) atoms. The molecule has 0 atom stereocenters. The molecule has 5 heteroatoms. The maximum absolute atomic E-state index is 12.4. The van der Waals surface area contributed by atoms with Crippen LogP contribution in [0.2, 0.25) is 0 Å². The Kier molecular flexibility index (Phi) is 5.69. The minimum Gasteiger partial charge on any atom is -0.375 e. The number of carbonyl (C=O) groups excluding carboxylic acids is 1. The molecular weight excluding hydrogens is 324 g/mol. The summed E-state index contributed by atoms with van der Waals surface area (Å²) in [5.41, 5.74) is 3.59. The Morgan fingerprint density at radius 2 is 1.73 bits per heavy atom.